The Kier molecular flexibility index (Phi) is 6.16. The summed E-state index contributed by atoms with van der Waals surface area (Å²) in [6.45, 7) is 0. The van der Waals surface area contributed by atoms with E-state index in [1.54, 1.807) is 38.4 Å². The van der Waals surface area contributed by atoms with Gasteiger partial charge in [-0.25, -0.2) is 0 Å². The van der Waals surface area contributed by atoms with Gasteiger partial charge in [-0.05, 0) is 30.5 Å². The third-order valence-corrected chi connectivity index (χ3v) is 4.43. The lowest BCUT2D eigenvalue weighted by atomic mass is 9.85. The first-order valence-corrected chi connectivity index (χ1v) is 8.35. The number of benzene rings is 1. The SMILES string of the molecule is CN(C)C(=O)c1cccc(NC(=O)C(N)CC2CCCCC2)c1. The van der Waals surface area contributed by atoms with Crippen LogP contribution >= 0.6 is 0 Å². The Balaban J connectivity index is 1.93. The van der Waals surface area contributed by atoms with Crippen molar-refractivity contribution in [2.75, 3.05) is 19.4 Å². The summed E-state index contributed by atoms with van der Waals surface area (Å²) in [7, 11) is 3.40. The van der Waals surface area contributed by atoms with Crippen molar-refractivity contribution in [3.05, 3.63) is 29.8 Å². The van der Waals surface area contributed by atoms with E-state index < -0.39 is 6.04 Å². The fourth-order valence-electron chi connectivity index (χ4n) is 3.11. The summed E-state index contributed by atoms with van der Waals surface area (Å²) in [6, 6.07) is 6.47. The van der Waals surface area contributed by atoms with Crippen LogP contribution in [-0.2, 0) is 4.79 Å². The molecule has 1 unspecified atom stereocenters. The van der Waals surface area contributed by atoms with Gasteiger partial charge in [0.05, 0.1) is 6.04 Å². The molecule has 2 amide bonds. The van der Waals surface area contributed by atoms with Crippen molar-refractivity contribution in [1.82, 2.24) is 4.90 Å². The van der Waals surface area contributed by atoms with Gasteiger partial charge in [0.15, 0.2) is 0 Å². The topological polar surface area (TPSA) is 75.4 Å². The lowest BCUT2D eigenvalue weighted by Crippen LogP contribution is -2.37. The molecule has 5 nitrogen and oxygen atoms in total. The Bertz CT molecular complexity index is 551. The maximum absolute atomic E-state index is 12.3. The van der Waals surface area contributed by atoms with Crippen LogP contribution in [0.4, 0.5) is 5.69 Å². The molecule has 23 heavy (non-hydrogen) atoms. The number of hydrogen-bond acceptors (Lipinski definition) is 3. The van der Waals surface area contributed by atoms with Crippen LogP contribution in [0.2, 0.25) is 0 Å². The van der Waals surface area contributed by atoms with Crippen molar-refractivity contribution in [3.8, 4) is 0 Å². The molecule has 5 heteroatoms. The van der Waals surface area contributed by atoms with Gasteiger partial charge in [-0.3, -0.25) is 9.59 Å². The highest BCUT2D eigenvalue weighted by Gasteiger charge is 2.21. The first-order chi connectivity index (χ1) is 11.0. The van der Waals surface area contributed by atoms with E-state index in [1.165, 1.54) is 37.0 Å². The minimum absolute atomic E-state index is 0.0902. The molecular weight excluding hydrogens is 290 g/mol. The van der Waals surface area contributed by atoms with Crippen LogP contribution in [-0.4, -0.2) is 36.9 Å². The zero-order valence-corrected chi connectivity index (χ0v) is 14.0. The summed E-state index contributed by atoms with van der Waals surface area (Å²) in [5.41, 5.74) is 7.22. The second-order valence-corrected chi connectivity index (χ2v) is 6.62. The Morgan fingerprint density at radius 1 is 1.26 bits per heavy atom. The Morgan fingerprint density at radius 3 is 2.61 bits per heavy atom. The summed E-state index contributed by atoms with van der Waals surface area (Å²) in [6.07, 6.45) is 6.87. The van der Waals surface area contributed by atoms with Crippen LogP contribution in [0.25, 0.3) is 0 Å². The van der Waals surface area contributed by atoms with Gasteiger partial charge in [-0.15, -0.1) is 0 Å². The van der Waals surface area contributed by atoms with Gasteiger partial charge in [-0.1, -0.05) is 38.2 Å². The molecule has 0 spiro atoms. The quantitative estimate of drug-likeness (QED) is 0.876. The van der Waals surface area contributed by atoms with Crippen LogP contribution in [0, 0.1) is 5.92 Å². The van der Waals surface area contributed by atoms with Crippen molar-refractivity contribution in [2.24, 2.45) is 11.7 Å². The largest absolute Gasteiger partial charge is 0.345 e. The third kappa shape index (κ3) is 5.06. The van der Waals surface area contributed by atoms with Crippen LogP contribution in [0.1, 0.15) is 48.9 Å². The number of nitrogens with two attached hydrogens (primary N) is 1. The van der Waals surface area contributed by atoms with Gasteiger partial charge in [0.2, 0.25) is 5.91 Å². The fraction of sp³-hybridized carbons (Fsp3) is 0.556. The molecule has 0 aromatic heterocycles. The molecule has 1 aromatic rings. The van der Waals surface area contributed by atoms with Crippen molar-refractivity contribution in [3.63, 3.8) is 0 Å². The average Bonchev–Trinajstić information content (AvgIpc) is 2.55. The molecule has 1 aromatic carbocycles. The normalized spacial score (nSPS) is 16.7. The molecule has 0 bridgehead atoms. The van der Waals surface area contributed by atoms with Crippen LogP contribution in [0.15, 0.2) is 24.3 Å². The van der Waals surface area contributed by atoms with Gasteiger partial charge in [0, 0.05) is 25.3 Å². The molecule has 0 heterocycles. The van der Waals surface area contributed by atoms with Gasteiger partial charge in [0.1, 0.15) is 0 Å². The highest BCUT2D eigenvalue weighted by molar-refractivity contribution is 5.98. The zero-order valence-electron chi connectivity index (χ0n) is 14.0. The standard InChI is InChI=1S/C18H27N3O2/c1-21(2)18(23)14-9-6-10-15(12-14)20-17(22)16(19)11-13-7-4-3-5-8-13/h6,9-10,12-13,16H,3-5,7-8,11,19H2,1-2H3,(H,20,22). The zero-order chi connectivity index (χ0) is 16.8. The third-order valence-electron chi connectivity index (χ3n) is 4.43. The first-order valence-electron chi connectivity index (χ1n) is 8.35. The lowest BCUT2D eigenvalue weighted by molar-refractivity contribution is -0.117. The van der Waals surface area contributed by atoms with E-state index in [4.69, 9.17) is 5.73 Å². The monoisotopic (exact) mass is 317 g/mol. The molecule has 0 aliphatic heterocycles. The molecule has 2 rings (SSSR count). The van der Waals surface area contributed by atoms with E-state index >= 15 is 0 Å². The molecule has 1 aliphatic carbocycles. The summed E-state index contributed by atoms with van der Waals surface area (Å²) in [4.78, 5) is 25.7. The van der Waals surface area contributed by atoms with Crippen molar-refractivity contribution in [1.29, 1.82) is 0 Å². The van der Waals surface area contributed by atoms with Crippen molar-refractivity contribution >= 4 is 17.5 Å². The summed E-state index contributed by atoms with van der Waals surface area (Å²) in [5, 5.41) is 2.83. The maximum Gasteiger partial charge on any atom is 0.253 e. The van der Waals surface area contributed by atoms with E-state index in [9.17, 15) is 9.59 Å². The predicted molar refractivity (Wildman–Crippen MR) is 92.3 cm³/mol. The van der Waals surface area contributed by atoms with Gasteiger partial charge in [0.25, 0.3) is 5.91 Å². The van der Waals surface area contributed by atoms with Gasteiger partial charge in [-0.2, -0.15) is 0 Å². The lowest BCUT2D eigenvalue weighted by Gasteiger charge is -2.24. The Morgan fingerprint density at radius 2 is 1.96 bits per heavy atom. The molecule has 3 N–H and O–H groups in total. The number of rotatable bonds is 5. The molecular formula is C18H27N3O2. The Hall–Kier alpha value is -1.88. The average molecular weight is 317 g/mol. The number of anilines is 1. The highest BCUT2D eigenvalue weighted by Crippen LogP contribution is 2.27. The van der Waals surface area contributed by atoms with E-state index in [2.05, 4.69) is 5.32 Å². The molecule has 1 fully saturated rings. The number of nitrogens with one attached hydrogen (secondary N) is 1. The predicted octanol–water partition coefficient (Wildman–Crippen LogP) is 2.62. The van der Waals surface area contributed by atoms with E-state index in [0.717, 1.165) is 6.42 Å². The number of hydrogen-bond donors (Lipinski definition) is 2. The van der Waals surface area contributed by atoms with E-state index in [0.29, 0.717) is 17.2 Å². The van der Waals surface area contributed by atoms with Crippen LogP contribution in [0.5, 0.6) is 0 Å². The van der Waals surface area contributed by atoms with E-state index in [-0.39, 0.29) is 11.8 Å². The van der Waals surface area contributed by atoms with Crippen molar-refractivity contribution < 1.29 is 9.59 Å². The molecule has 0 radical (unpaired) electrons. The van der Waals surface area contributed by atoms with E-state index in [1.807, 2.05) is 0 Å². The number of carbonyl (C=O) groups excluding carboxylic acids is 2. The Labute approximate surface area is 138 Å². The highest BCUT2D eigenvalue weighted by atomic mass is 16.2. The van der Waals surface area contributed by atoms with Crippen molar-refractivity contribution in [2.45, 2.75) is 44.6 Å². The smallest absolute Gasteiger partial charge is 0.253 e. The van der Waals surface area contributed by atoms with Gasteiger partial charge >= 0.3 is 0 Å². The number of carbonyl (C=O) groups is 2. The van der Waals surface area contributed by atoms with Crippen LogP contribution in [0.3, 0.4) is 0 Å². The molecule has 1 aliphatic rings. The molecule has 1 saturated carbocycles. The summed E-state index contributed by atoms with van der Waals surface area (Å²) in [5.74, 6) is 0.295. The number of nitrogens with zero attached hydrogens (tertiary/aromatic N) is 1. The summed E-state index contributed by atoms with van der Waals surface area (Å²) >= 11 is 0. The minimum Gasteiger partial charge on any atom is -0.345 e. The second-order valence-electron chi connectivity index (χ2n) is 6.62. The van der Waals surface area contributed by atoms with Crippen LogP contribution < -0.4 is 11.1 Å². The minimum atomic E-state index is -0.494. The second kappa shape index (κ2) is 8.11. The molecule has 0 saturated heterocycles. The number of amides is 2. The maximum atomic E-state index is 12.3. The fourth-order valence-corrected chi connectivity index (χ4v) is 3.11. The molecule has 1 atom stereocenters. The molecule has 126 valence electrons. The first kappa shape index (κ1) is 17.5. The summed E-state index contributed by atoms with van der Waals surface area (Å²) < 4.78 is 0. The van der Waals surface area contributed by atoms with Gasteiger partial charge < -0.3 is 16.0 Å².